The quantitative estimate of drug-likeness (QED) is 0.703. The van der Waals surface area contributed by atoms with E-state index in [4.69, 9.17) is 0 Å². The highest BCUT2D eigenvalue weighted by Gasteiger charge is 2.26. The summed E-state index contributed by atoms with van der Waals surface area (Å²) in [5.74, 6) is 0. The Morgan fingerprint density at radius 2 is 2.00 bits per heavy atom. The molecular formula is C7H14F3NOS. The van der Waals surface area contributed by atoms with Crippen molar-refractivity contribution >= 4 is 10.8 Å². The molecule has 0 bridgehead atoms. The number of hydrogen-bond acceptors (Lipinski definition) is 2. The molecule has 0 aliphatic carbocycles. The van der Waals surface area contributed by atoms with Gasteiger partial charge in [-0.3, -0.25) is 4.21 Å². The van der Waals surface area contributed by atoms with Gasteiger partial charge in [0.1, 0.15) is 0 Å². The Morgan fingerprint density at radius 3 is 2.38 bits per heavy atom. The Bertz CT molecular complexity index is 172. The summed E-state index contributed by atoms with van der Waals surface area (Å²) in [5, 5.41) is 2.20. The largest absolute Gasteiger partial charge is 0.401 e. The summed E-state index contributed by atoms with van der Waals surface area (Å²) in [6.07, 6.45) is -2.11. The van der Waals surface area contributed by atoms with Crippen LogP contribution in [0.4, 0.5) is 13.2 Å². The third-order valence-electron chi connectivity index (χ3n) is 1.62. The molecule has 0 radical (unpaired) electrons. The van der Waals surface area contributed by atoms with Crippen molar-refractivity contribution in [1.82, 2.24) is 5.32 Å². The maximum atomic E-state index is 11.6. The fraction of sp³-hybridized carbons (Fsp3) is 1.00. The van der Waals surface area contributed by atoms with Crippen molar-refractivity contribution in [3.05, 3.63) is 0 Å². The predicted octanol–water partition coefficient (Wildman–Crippen LogP) is 1.30. The maximum Gasteiger partial charge on any atom is 0.401 e. The van der Waals surface area contributed by atoms with Gasteiger partial charge in [-0.1, -0.05) is 6.92 Å². The van der Waals surface area contributed by atoms with Gasteiger partial charge in [0.15, 0.2) is 0 Å². The van der Waals surface area contributed by atoms with Crippen LogP contribution in [0.15, 0.2) is 0 Å². The first-order chi connectivity index (χ1) is 5.83. The van der Waals surface area contributed by atoms with Crippen LogP contribution >= 0.6 is 0 Å². The second-order valence-electron chi connectivity index (χ2n) is 2.89. The van der Waals surface area contributed by atoms with Gasteiger partial charge in [-0.15, -0.1) is 0 Å². The molecule has 0 aliphatic rings. The van der Waals surface area contributed by atoms with Gasteiger partial charge < -0.3 is 5.32 Å². The van der Waals surface area contributed by atoms with Gasteiger partial charge in [-0.05, 0) is 13.0 Å². The molecule has 0 amide bonds. The molecule has 0 saturated carbocycles. The number of nitrogens with one attached hydrogen (secondary N) is 1. The molecule has 2 unspecified atom stereocenters. The lowest BCUT2D eigenvalue weighted by Gasteiger charge is -2.10. The van der Waals surface area contributed by atoms with Crippen molar-refractivity contribution < 1.29 is 17.4 Å². The van der Waals surface area contributed by atoms with Crippen LogP contribution in [0.5, 0.6) is 0 Å². The summed E-state index contributed by atoms with van der Waals surface area (Å²) in [4.78, 5) is 0. The molecule has 6 heteroatoms. The molecule has 0 saturated heterocycles. The van der Waals surface area contributed by atoms with Gasteiger partial charge in [0.25, 0.3) is 0 Å². The Morgan fingerprint density at radius 1 is 1.46 bits per heavy atom. The van der Waals surface area contributed by atoms with Crippen LogP contribution in [0.2, 0.25) is 0 Å². The van der Waals surface area contributed by atoms with E-state index in [2.05, 4.69) is 5.32 Å². The van der Waals surface area contributed by atoms with Crippen LogP contribution in [0, 0.1) is 0 Å². The van der Waals surface area contributed by atoms with Crippen molar-refractivity contribution in [2.24, 2.45) is 0 Å². The summed E-state index contributed by atoms with van der Waals surface area (Å²) in [5.41, 5.74) is 0. The molecule has 13 heavy (non-hydrogen) atoms. The minimum absolute atomic E-state index is 0.0549. The molecule has 0 aromatic rings. The van der Waals surface area contributed by atoms with Crippen molar-refractivity contribution in [3.63, 3.8) is 0 Å². The van der Waals surface area contributed by atoms with Crippen molar-refractivity contribution in [2.75, 3.05) is 19.3 Å². The molecule has 0 fully saturated rings. The van der Waals surface area contributed by atoms with Gasteiger partial charge >= 0.3 is 6.18 Å². The Kier molecular flexibility index (Phi) is 5.55. The minimum Gasteiger partial charge on any atom is -0.309 e. The molecule has 80 valence electrons. The lowest BCUT2D eigenvalue weighted by atomic mass is 10.3. The smallest absolute Gasteiger partial charge is 0.309 e. The van der Waals surface area contributed by atoms with E-state index in [-0.39, 0.29) is 11.8 Å². The maximum absolute atomic E-state index is 11.6. The molecule has 2 atom stereocenters. The second-order valence-corrected chi connectivity index (χ2v) is 4.69. The highest BCUT2D eigenvalue weighted by molar-refractivity contribution is 7.84. The van der Waals surface area contributed by atoms with Crippen LogP contribution in [0.3, 0.4) is 0 Å². The third kappa shape index (κ3) is 8.24. The van der Waals surface area contributed by atoms with Gasteiger partial charge in [-0.25, -0.2) is 0 Å². The van der Waals surface area contributed by atoms with Gasteiger partial charge in [-0.2, -0.15) is 13.2 Å². The number of halogens is 3. The number of rotatable bonds is 5. The van der Waals surface area contributed by atoms with E-state index in [9.17, 15) is 17.4 Å². The van der Waals surface area contributed by atoms with Crippen LogP contribution in [-0.2, 0) is 10.8 Å². The highest BCUT2D eigenvalue weighted by Crippen LogP contribution is 2.12. The van der Waals surface area contributed by atoms with E-state index in [0.29, 0.717) is 6.42 Å². The fourth-order valence-corrected chi connectivity index (χ4v) is 1.15. The molecule has 0 spiro atoms. The van der Waals surface area contributed by atoms with E-state index in [1.165, 1.54) is 0 Å². The lowest BCUT2D eigenvalue weighted by molar-refractivity contribution is -0.124. The summed E-state index contributed by atoms with van der Waals surface area (Å²) >= 11 is 0. The van der Waals surface area contributed by atoms with E-state index < -0.39 is 23.5 Å². The van der Waals surface area contributed by atoms with Gasteiger partial charge in [0.2, 0.25) is 0 Å². The predicted molar refractivity (Wildman–Crippen MR) is 47.1 cm³/mol. The molecule has 1 N–H and O–H groups in total. The summed E-state index contributed by atoms with van der Waals surface area (Å²) in [7, 11) is -0.956. The highest BCUT2D eigenvalue weighted by atomic mass is 32.2. The van der Waals surface area contributed by atoms with Crippen LogP contribution in [0.1, 0.15) is 13.3 Å². The standard InChI is InChI=1S/C7H14F3NOS/c1-6(13(2)12)3-4-11-5-7(8,9)10/h6,11H,3-5H2,1-2H3. The average molecular weight is 217 g/mol. The zero-order valence-corrected chi connectivity index (χ0v) is 8.47. The second kappa shape index (κ2) is 5.59. The minimum atomic E-state index is -4.16. The van der Waals surface area contributed by atoms with Crippen LogP contribution in [-0.4, -0.2) is 35.0 Å². The SMILES string of the molecule is CC(CCNCC(F)(F)F)S(C)=O. The number of hydrogen-bond donors (Lipinski definition) is 1. The first-order valence-electron chi connectivity index (χ1n) is 3.92. The monoisotopic (exact) mass is 217 g/mol. The zero-order valence-electron chi connectivity index (χ0n) is 7.65. The van der Waals surface area contributed by atoms with Crippen molar-refractivity contribution in [3.8, 4) is 0 Å². The number of alkyl halides is 3. The summed E-state index contributed by atoms with van der Waals surface area (Å²) in [6, 6.07) is 0. The lowest BCUT2D eigenvalue weighted by Crippen LogP contribution is -2.31. The van der Waals surface area contributed by atoms with E-state index in [0.717, 1.165) is 0 Å². The van der Waals surface area contributed by atoms with Crippen LogP contribution < -0.4 is 5.32 Å². The van der Waals surface area contributed by atoms with Crippen molar-refractivity contribution in [1.29, 1.82) is 0 Å². The topological polar surface area (TPSA) is 29.1 Å². The Labute approximate surface area is 78.3 Å². The molecular weight excluding hydrogens is 203 g/mol. The molecule has 2 nitrogen and oxygen atoms in total. The first-order valence-corrected chi connectivity index (χ1v) is 5.55. The average Bonchev–Trinajstić information content (AvgIpc) is 1.95. The zero-order chi connectivity index (χ0) is 10.5. The molecule has 0 aromatic heterocycles. The van der Waals surface area contributed by atoms with Crippen molar-refractivity contribution in [2.45, 2.75) is 24.8 Å². The Balaban J connectivity index is 3.41. The summed E-state index contributed by atoms with van der Waals surface area (Å²) in [6.45, 7) is 1.03. The normalized spacial score (nSPS) is 17.0. The van der Waals surface area contributed by atoms with Gasteiger partial charge in [0, 0.05) is 22.3 Å². The molecule has 0 rings (SSSR count). The molecule has 0 aromatic carbocycles. The van der Waals surface area contributed by atoms with Crippen LogP contribution in [0.25, 0.3) is 0 Å². The third-order valence-corrected chi connectivity index (χ3v) is 2.99. The fourth-order valence-electron chi connectivity index (χ4n) is 0.701. The Hall–Kier alpha value is -0.100. The van der Waals surface area contributed by atoms with Gasteiger partial charge in [0.05, 0.1) is 6.54 Å². The van der Waals surface area contributed by atoms with E-state index >= 15 is 0 Å². The molecule has 0 aliphatic heterocycles. The summed E-state index contributed by atoms with van der Waals surface area (Å²) < 4.78 is 45.6. The molecule has 0 heterocycles. The first kappa shape index (κ1) is 12.9. The van der Waals surface area contributed by atoms with E-state index in [1.54, 1.807) is 13.2 Å². The van der Waals surface area contributed by atoms with E-state index in [1.807, 2.05) is 0 Å².